The molecule has 1 heterocycles. The van der Waals surface area contributed by atoms with Crippen molar-refractivity contribution >= 4 is 23.1 Å². The molecular weight excluding hydrogens is 356 g/mol. The van der Waals surface area contributed by atoms with Gasteiger partial charge in [0.25, 0.3) is 0 Å². The van der Waals surface area contributed by atoms with Crippen molar-refractivity contribution in [2.75, 3.05) is 7.11 Å². The van der Waals surface area contributed by atoms with E-state index in [4.69, 9.17) is 4.74 Å². The number of thiophene rings is 1. The van der Waals surface area contributed by atoms with E-state index in [9.17, 15) is 0 Å². The molecule has 26 heavy (non-hydrogen) atoms. The number of rotatable bonds is 5. The molecule has 0 saturated heterocycles. The van der Waals surface area contributed by atoms with Gasteiger partial charge in [-0.05, 0) is 41.5 Å². The van der Waals surface area contributed by atoms with Gasteiger partial charge in [0, 0.05) is 15.3 Å². The molecule has 1 aromatic heterocycles. The lowest BCUT2D eigenvalue weighted by atomic mass is 10.1. The highest BCUT2D eigenvalue weighted by molar-refractivity contribution is 8.01. The van der Waals surface area contributed by atoms with E-state index in [1.54, 1.807) is 18.9 Å². The summed E-state index contributed by atoms with van der Waals surface area (Å²) in [4.78, 5) is 2.50. The predicted octanol–water partition coefficient (Wildman–Crippen LogP) is 7.24. The maximum absolute atomic E-state index is 5.27. The molecule has 4 rings (SSSR count). The summed E-state index contributed by atoms with van der Waals surface area (Å²) in [5.41, 5.74) is 3.80. The molecule has 0 spiro atoms. The Labute approximate surface area is 162 Å². The van der Waals surface area contributed by atoms with Crippen molar-refractivity contribution in [2.24, 2.45) is 0 Å². The molecule has 1 nitrogen and oxygen atoms in total. The van der Waals surface area contributed by atoms with E-state index >= 15 is 0 Å². The fourth-order valence-electron chi connectivity index (χ4n) is 2.76. The molecule has 0 radical (unpaired) electrons. The maximum Gasteiger partial charge on any atom is 0.118 e. The van der Waals surface area contributed by atoms with E-state index in [1.807, 2.05) is 23.5 Å². The minimum atomic E-state index is 0.883. The first-order valence-electron chi connectivity index (χ1n) is 8.40. The van der Waals surface area contributed by atoms with Crippen LogP contribution in [-0.2, 0) is 0 Å². The lowest BCUT2D eigenvalue weighted by Crippen LogP contribution is -1.81. The first-order chi connectivity index (χ1) is 12.8. The van der Waals surface area contributed by atoms with Gasteiger partial charge in [-0.3, -0.25) is 0 Å². The molecule has 128 valence electrons. The third-order valence-corrected chi connectivity index (χ3v) is 6.50. The Balaban J connectivity index is 1.75. The van der Waals surface area contributed by atoms with Crippen molar-refractivity contribution in [3.63, 3.8) is 0 Å². The molecule has 0 bridgehead atoms. The standard InChI is InChI=1S/C23H18OS2/c1-24-19-12-14-20(15-13-19)25-23-21(17-8-4-2-5-9-17)16-22(26-23)18-10-6-3-7-11-18/h2-16H,1H3. The first-order valence-corrected chi connectivity index (χ1v) is 10.0. The van der Waals surface area contributed by atoms with Crippen LogP contribution in [-0.4, -0.2) is 7.11 Å². The summed E-state index contributed by atoms with van der Waals surface area (Å²) in [5.74, 6) is 0.883. The van der Waals surface area contributed by atoms with Gasteiger partial charge in [0.15, 0.2) is 0 Å². The fourth-order valence-corrected chi connectivity index (χ4v) is 5.18. The van der Waals surface area contributed by atoms with Crippen LogP contribution in [0, 0.1) is 0 Å². The molecule has 4 aromatic rings. The van der Waals surface area contributed by atoms with Crippen LogP contribution in [0.4, 0.5) is 0 Å². The molecule has 0 atom stereocenters. The number of hydrogen-bond acceptors (Lipinski definition) is 3. The average Bonchev–Trinajstić information content (AvgIpc) is 3.14. The lowest BCUT2D eigenvalue weighted by Gasteiger charge is -2.05. The fraction of sp³-hybridized carbons (Fsp3) is 0.0435. The van der Waals surface area contributed by atoms with Crippen molar-refractivity contribution < 1.29 is 4.74 Å². The summed E-state index contributed by atoms with van der Waals surface area (Å²) in [6.07, 6.45) is 0. The largest absolute Gasteiger partial charge is 0.497 e. The van der Waals surface area contributed by atoms with Crippen LogP contribution in [0.3, 0.4) is 0 Å². The monoisotopic (exact) mass is 374 g/mol. The van der Waals surface area contributed by atoms with Gasteiger partial charge in [-0.1, -0.05) is 72.4 Å². The van der Waals surface area contributed by atoms with Crippen molar-refractivity contribution in [1.82, 2.24) is 0 Å². The molecule has 0 aliphatic carbocycles. The molecular formula is C23H18OS2. The van der Waals surface area contributed by atoms with Crippen LogP contribution in [0.5, 0.6) is 5.75 Å². The average molecular weight is 375 g/mol. The van der Waals surface area contributed by atoms with Crippen LogP contribution < -0.4 is 4.74 Å². The Hall–Kier alpha value is -2.49. The zero-order valence-corrected chi connectivity index (χ0v) is 16.0. The summed E-state index contributed by atoms with van der Waals surface area (Å²) in [5, 5.41) is 0. The van der Waals surface area contributed by atoms with E-state index in [-0.39, 0.29) is 0 Å². The molecule has 0 unspecified atom stereocenters. The molecule has 0 saturated carbocycles. The Kier molecular flexibility index (Phi) is 5.09. The van der Waals surface area contributed by atoms with Gasteiger partial charge in [-0.15, -0.1) is 11.3 Å². The molecule has 0 aliphatic heterocycles. The zero-order valence-electron chi connectivity index (χ0n) is 14.4. The van der Waals surface area contributed by atoms with Crippen molar-refractivity contribution in [3.8, 4) is 27.3 Å². The van der Waals surface area contributed by atoms with Gasteiger partial charge in [-0.2, -0.15) is 0 Å². The second kappa shape index (κ2) is 7.81. The van der Waals surface area contributed by atoms with Gasteiger partial charge in [0.2, 0.25) is 0 Å². The first kappa shape index (κ1) is 17.0. The second-order valence-corrected chi connectivity index (χ2v) is 8.22. The van der Waals surface area contributed by atoms with E-state index in [1.165, 1.54) is 30.7 Å². The minimum Gasteiger partial charge on any atom is -0.497 e. The van der Waals surface area contributed by atoms with Crippen LogP contribution in [0.1, 0.15) is 0 Å². The Morgan fingerprint density at radius 1 is 0.731 bits per heavy atom. The van der Waals surface area contributed by atoms with Gasteiger partial charge in [0.1, 0.15) is 5.75 Å². The van der Waals surface area contributed by atoms with E-state index in [0.29, 0.717) is 0 Å². The van der Waals surface area contributed by atoms with Crippen molar-refractivity contribution in [3.05, 3.63) is 91.0 Å². The third-order valence-electron chi connectivity index (χ3n) is 4.11. The normalized spacial score (nSPS) is 10.7. The predicted molar refractivity (Wildman–Crippen MR) is 112 cm³/mol. The summed E-state index contributed by atoms with van der Waals surface area (Å²) in [6.45, 7) is 0. The second-order valence-electron chi connectivity index (χ2n) is 5.82. The highest BCUT2D eigenvalue weighted by Gasteiger charge is 2.13. The zero-order chi connectivity index (χ0) is 17.8. The molecule has 0 amide bonds. The Morgan fingerprint density at radius 3 is 1.96 bits per heavy atom. The summed E-state index contributed by atoms with van der Waals surface area (Å²) in [7, 11) is 1.70. The molecule has 0 aliphatic rings. The van der Waals surface area contributed by atoms with Gasteiger partial charge in [-0.25, -0.2) is 0 Å². The molecule has 0 fully saturated rings. The maximum atomic E-state index is 5.27. The number of hydrogen-bond donors (Lipinski definition) is 0. The summed E-state index contributed by atoms with van der Waals surface area (Å²) in [6, 6.07) is 31.7. The number of methoxy groups -OCH3 is 1. The Morgan fingerprint density at radius 2 is 1.35 bits per heavy atom. The SMILES string of the molecule is COc1ccc(Sc2sc(-c3ccccc3)cc2-c2ccccc2)cc1. The molecule has 0 N–H and O–H groups in total. The van der Waals surface area contributed by atoms with Crippen LogP contribution in [0.15, 0.2) is 100 Å². The van der Waals surface area contributed by atoms with Gasteiger partial charge >= 0.3 is 0 Å². The van der Waals surface area contributed by atoms with E-state index < -0.39 is 0 Å². The topological polar surface area (TPSA) is 9.23 Å². The van der Waals surface area contributed by atoms with Crippen LogP contribution >= 0.6 is 23.1 Å². The summed E-state index contributed by atoms with van der Waals surface area (Å²) < 4.78 is 6.57. The van der Waals surface area contributed by atoms with Gasteiger partial charge in [0.05, 0.1) is 11.3 Å². The molecule has 3 heteroatoms. The van der Waals surface area contributed by atoms with Crippen LogP contribution in [0.2, 0.25) is 0 Å². The summed E-state index contributed by atoms with van der Waals surface area (Å²) >= 11 is 3.65. The van der Waals surface area contributed by atoms with Crippen molar-refractivity contribution in [2.45, 2.75) is 9.10 Å². The highest BCUT2D eigenvalue weighted by atomic mass is 32.2. The van der Waals surface area contributed by atoms with Gasteiger partial charge < -0.3 is 4.74 Å². The molecule has 3 aromatic carbocycles. The van der Waals surface area contributed by atoms with Crippen molar-refractivity contribution in [1.29, 1.82) is 0 Å². The quantitative estimate of drug-likeness (QED) is 0.364. The number of benzene rings is 3. The lowest BCUT2D eigenvalue weighted by molar-refractivity contribution is 0.414. The smallest absolute Gasteiger partial charge is 0.118 e. The Bertz CT molecular complexity index is 974. The third kappa shape index (κ3) is 3.69. The minimum absolute atomic E-state index is 0.883. The number of ether oxygens (including phenoxy) is 1. The van der Waals surface area contributed by atoms with E-state index in [0.717, 1.165) is 5.75 Å². The van der Waals surface area contributed by atoms with E-state index in [2.05, 4.69) is 78.9 Å². The highest BCUT2D eigenvalue weighted by Crippen LogP contribution is 2.45. The van der Waals surface area contributed by atoms with Crippen LogP contribution in [0.25, 0.3) is 21.6 Å².